The van der Waals surface area contributed by atoms with Crippen LogP contribution < -0.4 is 14.9 Å². The highest BCUT2D eigenvalue weighted by Crippen LogP contribution is 2.37. The summed E-state index contributed by atoms with van der Waals surface area (Å²) in [7, 11) is -2.72. The number of hydrogen-bond donors (Lipinski definition) is 2. The van der Waals surface area contributed by atoms with Crippen LogP contribution in [-0.4, -0.2) is 34.7 Å². The highest BCUT2D eigenvalue weighted by molar-refractivity contribution is 7.89. The number of benzene rings is 2. The summed E-state index contributed by atoms with van der Waals surface area (Å²) >= 11 is 0. The Morgan fingerprint density at radius 2 is 1.89 bits per heavy atom. The van der Waals surface area contributed by atoms with E-state index in [9.17, 15) is 36.9 Å². The number of allylic oxidation sites excluding steroid dienone is 1. The number of alkyl halides is 3. The van der Waals surface area contributed by atoms with Crippen LogP contribution in [0.2, 0.25) is 0 Å². The molecule has 0 fully saturated rings. The number of methoxy groups -OCH3 is 1. The number of urea groups is 1. The minimum absolute atomic E-state index is 0.0196. The van der Waals surface area contributed by atoms with E-state index in [1.54, 1.807) is 0 Å². The zero-order valence-electron chi connectivity index (χ0n) is 19.8. The minimum Gasteiger partial charge on any atom is -0.385 e. The molecule has 0 saturated carbocycles. The molecule has 2 aromatic rings. The van der Waals surface area contributed by atoms with Crippen LogP contribution in [0.1, 0.15) is 36.1 Å². The molecule has 1 aliphatic rings. The third-order valence-corrected chi connectivity index (χ3v) is 7.11. The van der Waals surface area contributed by atoms with Gasteiger partial charge in [0.05, 0.1) is 45.5 Å². The van der Waals surface area contributed by atoms with Gasteiger partial charge < -0.3 is 10.1 Å². The van der Waals surface area contributed by atoms with Gasteiger partial charge in [-0.25, -0.2) is 17.9 Å². The summed E-state index contributed by atoms with van der Waals surface area (Å²) < 4.78 is 73.2. The van der Waals surface area contributed by atoms with Crippen molar-refractivity contribution in [3.8, 4) is 12.1 Å². The van der Waals surface area contributed by atoms with Crippen molar-refractivity contribution in [3.63, 3.8) is 0 Å². The van der Waals surface area contributed by atoms with Gasteiger partial charge in [-0.15, -0.1) is 0 Å². The van der Waals surface area contributed by atoms with Crippen molar-refractivity contribution in [3.05, 3.63) is 70.4 Å². The number of nitriles is 2. The molecule has 1 unspecified atom stereocenters. The van der Waals surface area contributed by atoms with E-state index in [-0.39, 0.29) is 39.5 Å². The van der Waals surface area contributed by atoms with Crippen LogP contribution in [0.5, 0.6) is 0 Å². The maximum atomic E-state index is 13.2. The van der Waals surface area contributed by atoms with Crippen molar-refractivity contribution in [2.24, 2.45) is 0 Å². The first-order valence-corrected chi connectivity index (χ1v) is 12.3. The van der Waals surface area contributed by atoms with E-state index >= 15 is 0 Å². The molecule has 9 nitrogen and oxygen atoms in total. The Kier molecular flexibility index (Phi) is 8.23. The van der Waals surface area contributed by atoms with E-state index in [0.29, 0.717) is 13.0 Å². The standard InChI is InChI=1S/C24H22F3N5O4S/c1-15-20(14-29)22(31-23(33)32(15)18-6-3-5-17(12-18)24(25,26)27)19-8-7-16(13-28)11-21(19)37(34,35)30-9-4-10-36-2/h3,5-8,11-12,22,30H,4,9-10H2,1-2H3,(H,31,33). The SMILES string of the molecule is COCCCNS(=O)(=O)c1cc(C#N)ccc1C1NC(=O)N(c2cccc(C(F)(F)F)c2)C(C)=C1C#N. The first kappa shape index (κ1) is 27.7. The molecule has 0 aliphatic carbocycles. The zero-order valence-corrected chi connectivity index (χ0v) is 20.6. The Morgan fingerprint density at radius 3 is 2.51 bits per heavy atom. The lowest BCUT2D eigenvalue weighted by Gasteiger charge is -2.34. The van der Waals surface area contributed by atoms with Crippen LogP contribution in [0.25, 0.3) is 0 Å². The number of hydrogen-bond acceptors (Lipinski definition) is 6. The first-order valence-electron chi connectivity index (χ1n) is 10.9. The summed E-state index contributed by atoms with van der Waals surface area (Å²) in [6.45, 7) is 1.72. The lowest BCUT2D eigenvalue weighted by Crippen LogP contribution is -2.47. The quantitative estimate of drug-likeness (QED) is 0.493. The summed E-state index contributed by atoms with van der Waals surface area (Å²) in [5, 5.41) is 21.8. The van der Waals surface area contributed by atoms with E-state index in [1.807, 2.05) is 12.1 Å². The van der Waals surface area contributed by atoms with Crippen LogP contribution in [0, 0.1) is 22.7 Å². The molecular formula is C24H22F3N5O4S. The van der Waals surface area contributed by atoms with Crippen LogP contribution in [-0.2, 0) is 20.9 Å². The fourth-order valence-corrected chi connectivity index (χ4v) is 5.18. The molecule has 0 spiro atoms. The fourth-order valence-electron chi connectivity index (χ4n) is 3.83. The lowest BCUT2D eigenvalue weighted by atomic mass is 9.94. The number of carbonyl (C=O) groups is 1. The molecule has 2 amide bonds. The van der Waals surface area contributed by atoms with Crippen LogP contribution >= 0.6 is 0 Å². The van der Waals surface area contributed by atoms with Gasteiger partial charge in [-0.2, -0.15) is 23.7 Å². The second-order valence-corrected chi connectivity index (χ2v) is 9.72. The summed E-state index contributed by atoms with van der Waals surface area (Å²) in [4.78, 5) is 13.7. The van der Waals surface area contributed by atoms with Gasteiger partial charge in [0.15, 0.2) is 0 Å². The molecule has 37 heavy (non-hydrogen) atoms. The number of ether oxygens (including phenoxy) is 1. The van der Waals surface area contributed by atoms with Gasteiger partial charge in [0.2, 0.25) is 10.0 Å². The van der Waals surface area contributed by atoms with Gasteiger partial charge in [0.1, 0.15) is 0 Å². The Morgan fingerprint density at radius 1 is 1.16 bits per heavy atom. The smallest absolute Gasteiger partial charge is 0.385 e. The molecule has 0 aromatic heterocycles. The Labute approximate surface area is 211 Å². The van der Waals surface area contributed by atoms with Crippen molar-refractivity contribution >= 4 is 21.7 Å². The molecule has 0 bridgehead atoms. The highest BCUT2D eigenvalue weighted by atomic mass is 32.2. The van der Waals surface area contributed by atoms with Crippen LogP contribution in [0.3, 0.4) is 0 Å². The first-order chi connectivity index (χ1) is 17.4. The molecule has 2 N–H and O–H groups in total. The predicted octanol–water partition coefficient (Wildman–Crippen LogP) is 3.96. The monoisotopic (exact) mass is 533 g/mol. The molecule has 1 atom stereocenters. The van der Waals surface area contributed by atoms with E-state index in [2.05, 4.69) is 10.0 Å². The normalized spacial score (nSPS) is 16.2. The minimum atomic E-state index is -4.65. The number of carbonyl (C=O) groups excluding carboxylic acids is 1. The Bertz CT molecular complexity index is 1430. The molecule has 0 radical (unpaired) electrons. The number of rotatable bonds is 8. The van der Waals surface area contributed by atoms with Gasteiger partial charge in [0, 0.05) is 26.0 Å². The van der Waals surface area contributed by atoms with E-state index in [1.165, 1.54) is 32.2 Å². The molecule has 13 heteroatoms. The third-order valence-electron chi connectivity index (χ3n) is 5.60. The lowest BCUT2D eigenvalue weighted by molar-refractivity contribution is -0.137. The number of halogens is 3. The summed E-state index contributed by atoms with van der Waals surface area (Å²) in [6.07, 6.45) is -4.28. The highest BCUT2D eigenvalue weighted by Gasteiger charge is 2.37. The zero-order chi connectivity index (χ0) is 27.4. The number of sulfonamides is 1. The number of nitrogens with one attached hydrogen (secondary N) is 2. The molecule has 2 aromatic carbocycles. The van der Waals surface area contributed by atoms with Crippen molar-refractivity contribution in [2.45, 2.75) is 30.5 Å². The van der Waals surface area contributed by atoms with Crippen molar-refractivity contribution in [1.29, 1.82) is 10.5 Å². The second kappa shape index (κ2) is 11.0. The largest absolute Gasteiger partial charge is 0.416 e. The fraction of sp³-hybridized carbons (Fsp3) is 0.292. The third kappa shape index (κ3) is 5.91. The summed E-state index contributed by atoms with van der Waals surface area (Å²) in [6, 6.07) is 9.54. The van der Waals surface area contributed by atoms with Gasteiger partial charge in [0.25, 0.3) is 0 Å². The van der Waals surface area contributed by atoms with Gasteiger partial charge in [-0.05, 0) is 49.2 Å². The van der Waals surface area contributed by atoms with Crippen molar-refractivity contribution < 1.29 is 31.1 Å². The Hall–Kier alpha value is -3.91. The molecule has 194 valence electrons. The summed E-state index contributed by atoms with van der Waals surface area (Å²) in [5.41, 5.74) is -1.11. The molecular weight excluding hydrogens is 511 g/mol. The maximum Gasteiger partial charge on any atom is 0.416 e. The van der Waals surface area contributed by atoms with Crippen molar-refractivity contribution in [2.75, 3.05) is 25.2 Å². The summed E-state index contributed by atoms with van der Waals surface area (Å²) in [5.74, 6) is 0. The molecule has 1 heterocycles. The van der Waals surface area contributed by atoms with Gasteiger partial charge >= 0.3 is 12.2 Å². The second-order valence-electron chi connectivity index (χ2n) is 7.99. The molecule has 1 aliphatic heterocycles. The van der Waals surface area contributed by atoms with Crippen molar-refractivity contribution in [1.82, 2.24) is 10.0 Å². The maximum absolute atomic E-state index is 13.2. The van der Waals surface area contributed by atoms with Gasteiger partial charge in [-0.1, -0.05) is 12.1 Å². The van der Waals surface area contributed by atoms with E-state index in [0.717, 1.165) is 29.2 Å². The van der Waals surface area contributed by atoms with E-state index in [4.69, 9.17) is 4.74 Å². The molecule has 0 saturated heterocycles. The average Bonchev–Trinajstić information content (AvgIpc) is 2.85. The topological polar surface area (TPSA) is 135 Å². The van der Waals surface area contributed by atoms with Gasteiger partial charge in [-0.3, -0.25) is 4.90 Å². The number of nitrogens with zero attached hydrogens (tertiary/aromatic N) is 3. The van der Waals surface area contributed by atoms with E-state index < -0.39 is 33.8 Å². The number of anilines is 1. The Balaban J connectivity index is 2.11. The van der Waals surface area contributed by atoms with Crippen LogP contribution in [0.4, 0.5) is 23.7 Å². The van der Waals surface area contributed by atoms with Crippen LogP contribution in [0.15, 0.2) is 58.6 Å². The predicted molar refractivity (Wildman–Crippen MR) is 126 cm³/mol. The molecule has 3 rings (SSSR count). The average molecular weight is 534 g/mol. The number of amides is 2.